The minimum atomic E-state index is -0.782. The number of rotatable bonds is 6. The average Bonchev–Trinajstić information content (AvgIpc) is 2.92. The zero-order chi connectivity index (χ0) is 15.5. The molecule has 114 valence electrons. The van der Waals surface area contributed by atoms with Crippen LogP contribution in [0.1, 0.15) is 26.1 Å². The Kier molecular flexibility index (Phi) is 5.54. The lowest BCUT2D eigenvalue weighted by Gasteiger charge is -2.19. The van der Waals surface area contributed by atoms with Gasteiger partial charge in [-0.25, -0.2) is 0 Å². The third-order valence-corrected chi connectivity index (χ3v) is 4.03. The maximum atomic E-state index is 6.21. The van der Waals surface area contributed by atoms with Crippen LogP contribution in [-0.4, -0.2) is 23.4 Å². The van der Waals surface area contributed by atoms with E-state index < -0.39 is 5.54 Å². The van der Waals surface area contributed by atoms with Gasteiger partial charge in [-0.05, 0) is 47.5 Å². The van der Waals surface area contributed by atoms with Crippen molar-refractivity contribution < 1.29 is 9.26 Å². The van der Waals surface area contributed by atoms with Crippen molar-refractivity contribution in [2.45, 2.75) is 25.8 Å². The minimum absolute atomic E-state index is 0.347. The van der Waals surface area contributed by atoms with E-state index in [9.17, 15) is 0 Å². The summed E-state index contributed by atoms with van der Waals surface area (Å²) in [6.07, 6.45) is 0.943. The fraction of sp³-hybridized carbons (Fsp3) is 0.429. The van der Waals surface area contributed by atoms with E-state index in [2.05, 4.69) is 42.0 Å². The average molecular weight is 419 g/mol. The van der Waals surface area contributed by atoms with Crippen LogP contribution in [0.4, 0.5) is 0 Å². The largest absolute Gasteiger partial charge is 0.379 e. The first kappa shape index (κ1) is 16.6. The highest BCUT2D eigenvalue weighted by atomic mass is 79.9. The van der Waals surface area contributed by atoms with Gasteiger partial charge in [-0.1, -0.05) is 28.0 Å². The minimum Gasteiger partial charge on any atom is -0.379 e. The lowest BCUT2D eigenvalue weighted by molar-refractivity contribution is 0.0867. The summed E-state index contributed by atoms with van der Waals surface area (Å²) in [5, 5.41) is 3.99. The van der Waals surface area contributed by atoms with Crippen molar-refractivity contribution >= 4 is 31.9 Å². The molecule has 1 heterocycles. The quantitative estimate of drug-likeness (QED) is 0.720. The third-order valence-electron chi connectivity index (χ3n) is 2.85. The van der Waals surface area contributed by atoms with Crippen molar-refractivity contribution in [3.05, 3.63) is 33.0 Å². The van der Waals surface area contributed by atoms with Crippen molar-refractivity contribution in [3.8, 4) is 11.5 Å². The van der Waals surface area contributed by atoms with Crippen molar-refractivity contribution in [3.63, 3.8) is 0 Å². The lowest BCUT2D eigenvalue weighted by atomic mass is 10.1. The molecule has 5 nitrogen and oxygen atoms in total. The molecule has 21 heavy (non-hydrogen) atoms. The van der Waals surface area contributed by atoms with E-state index in [0.29, 0.717) is 24.9 Å². The maximum Gasteiger partial charge on any atom is 0.259 e. The van der Waals surface area contributed by atoms with Gasteiger partial charge in [0.15, 0.2) is 5.82 Å². The second kappa shape index (κ2) is 7.00. The van der Waals surface area contributed by atoms with Gasteiger partial charge in [0.2, 0.25) is 0 Å². The molecular formula is C14H17Br2N3O2. The Morgan fingerprint density at radius 3 is 2.86 bits per heavy atom. The molecule has 0 fully saturated rings. The van der Waals surface area contributed by atoms with E-state index in [0.717, 1.165) is 20.9 Å². The van der Waals surface area contributed by atoms with Crippen molar-refractivity contribution in [2.75, 3.05) is 13.2 Å². The number of ether oxygens (including phenoxy) is 1. The molecule has 0 radical (unpaired) electrons. The van der Waals surface area contributed by atoms with Crippen LogP contribution in [0.25, 0.3) is 11.5 Å². The zero-order valence-corrected chi connectivity index (χ0v) is 15.1. The molecule has 1 aromatic carbocycles. The summed E-state index contributed by atoms with van der Waals surface area (Å²) in [5.74, 6) is 0.853. The van der Waals surface area contributed by atoms with Crippen LogP contribution in [0.3, 0.4) is 0 Å². The summed E-state index contributed by atoms with van der Waals surface area (Å²) < 4.78 is 12.6. The van der Waals surface area contributed by atoms with Gasteiger partial charge >= 0.3 is 0 Å². The molecule has 1 atom stereocenters. The van der Waals surface area contributed by atoms with Gasteiger partial charge in [0.25, 0.3) is 5.89 Å². The second-order valence-electron chi connectivity index (χ2n) is 5.02. The fourth-order valence-corrected chi connectivity index (χ4v) is 2.50. The predicted molar refractivity (Wildman–Crippen MR) is 87.8 cm³/mol. The predicted octanol–water partition coefficient (Wildman–Crippen LogP) is 3.86. The Balaban J connectivity index is 2.23. The Morgan fingerprint density at radius 1 is 1.38 bits per heavy atom. The van der Waals surface area contributed by atoms with Crippen LogP contribution >= 0.6 is 31.9 Å². The summed E-state index contributed by atoms with van der Waals surface area (Å²) in [6.45, 7) is 4.88. The van der Waals surface area contributed by atoms with Crippen LogP contribution in [0.2, 0.25) is 0 Å². The first-order valence-electron chi connectivity index (χ1n) is 6.60. The number of hydrogen-bond acceptors (Lipinski definition) is 5. The summed E-state index contributed by atoms with van der Waals surface area (Å²) in [4.78, 5) is 4.40. The molecule has 0 saturated carbocycles. The van der Waals surface area contributed by atoms with E-state index in [1.807, 2.05) is 32.0 Å². The van der Waals surface area contributed by atoms with Crippen LogP contribution in [0.15, 0.2) is 31.7 Å². The Hall–Kier alpha value is -0.760. The van der Waals surface area contributed by atoms with Crippen molar-refractivity contribution in [1.82, 2.24) is 10.1 Å². The maximum absolute atomic E-state index is 6.21. The van der Waals surface area contributed by atoms with E-state index in [1.165, 1.54) is 0 Å². The molecular weight excluding hydrogens is 402 g/mol. The number of aromatic nitrogens is 2. The topological polar surface area (TPSA) is 74.2 Å². The zero-order valence-electron chi connectivity index (χ0n) is 11.9. The van der Waals surface area contributed by atoms with E-state index >= 15 is 0 Å². The van der Waals surface area contributed by atoms with Crippen molar-refractivity contribution in [1.29, 1.82) is 0 Å². The summed E-state index contributed by atoms with van der Waals surface area (Å²) >= 11 is 6.90. The number of halogens is 2. The first-order chi connectivity index (χ1) is 9.94. The highest BCUT2D eigenvalue weighted by molar-refractivity contribution is 9.11. The summed E-state index contributed by atoms with van der Waals surface area (Å²) in [6, 6.07) is 5.74. The number of nitrogens with zero attached hydrogens (tertiary/aromatic N) is 2. The molecule has 0 aliphatic rings. The van der Waals surface area contributed by atoms with Gasteiger partial charge in [-0.2, -0.15) is 4.98 Å². The fourth-order valence-electron chi connectivity index (χ4n) is 1.72. The number of nitrogens with two attached hydrogens (primary N) is 1. The summed E-state index contributed by atoms with van der Waals surface area (Å²) in [7, 11) is 0. The smallest absolute Gasteiger partial charge is 0.259 e. The highest BCUT2D eigenvalue weighted by Gasteiger charge is 2.28. The molecule has 2 rings (SSSR count). The third kappa shape index (κ3) is 4.12. The second-order valence-corrected chi connectivity index (χ2v) is 6.79. The van der Waals surface area contributed by atoms with Gasteiger partial charge in [0.1, 0.15) is 5.54 Å². The van der Waals surface area contributed by atoms with Gasteiger partial charge in [-0.15, -0.1) is 0 Å². The van der Waals surface area contributed by atoms with Gasteiger partial charge in [-0.3, -0.25) is 0 Å². The molecule has 0 saturated heterocycles. The van der Waals surface area contributed by atoms with Crippen molar-refractivity contribution in [2.24, 2.45) is 5.73 Å². The lowest BCUT2D eigenvalue weighted by Crippen LogP contribution is -2.39. The molecule has 2 N–H and O–H groups in total. The Labute approximate surface area is 140 Å². The molecule has 0 aliphatic heterocycles. The Bertz CT molecular complexity index is 614. The van der Waals surface area contributed by atoms with Gasteiger partial charge < -0.3 is 15.0 Å². The molecule has 2 aromatic rings. The molecule has 7 heteroatoms. The molecule has 0 aliphatic carbocycles. The van der Waals surface area contributed by atoms with Gasteiger partial charge in [0.05, 0.1) is 12.2 Å². The number of hydrogen-bond donors (Lipinski definition) is 1. The molecule has 1 aromatic heterocycles. The molecule has 1 unspecified atom stereocenters. The molecule has 0 spiro atoms. The van der Waals surface area contributed by atoms with Crippen LogP contribution in [0.5, 0.6) is 0 Å². The normalized spacial score (nSPS) is 14.1. The van der Waals surface area contributed by atoms with E-state index in [1.54, 1.807) is 0 Å². The standard InChI is InChI=1S/C14H17Br2N3O2/c1-3-6-20-8-14(2,17)13-18-12(21-19-13)10-7-9(15)4-5-11(10)16/h4-5,7H,3,6,8,17H2,1-2H3. The number of benzene rings is 1. The van der Waals surface area contributed by atoms with E-state index in [-0.39, 0.29) is 0 Å². The monoisotopic (exact) mass is 417 g/mol. The molecule has 0 amide bonds. The SMILES string of the molecule is CCCOCC(C)(N)c1noc(-c2cc(Br)ccc2Br)n1. The van der Waals surface area contributed by atoms with Crippen LogP contribution in [-0.2, 0) is 10.3 Å². The van der Waals surface area contributed by atoms with Gasteiger partial charge in [0, 0.05) is 15.6 Å². The highest BCUT2D eigenvalue weighted by Crippen LogP contribution is 2.30. The first-order valence-corrected chi connectivity index (χ1v) is 8.19. The Morgan fingerprint density at radius 2 is 2.14 bits per heavy atom. The van der Waals surface area contributed by atoms with Crippen LogP contribution < -0.4 is 5.73 Å². The van der Waals surface area contributed by atoms with Crippen LogP contribution in [0, 0.1) is 0 Å². The molecule has 0 bridgehead atoms. The van der Waals surface area contributed by atoms with E-state index in [4.69, 9.17) is 15.0 Å². The summed E-state index contributed by atoms with van der Waals surface area (Å²) in [5.41, 5.74) is 6.24.